The van der Waals surface area contributed by atoms with Gasteiger partial charge in [-0.3, -0.25) is 9.69 Å². The summed E-state index contributed by atoms with van der Waals surface area (Å²) in [6.45, 7) is 5.58. The Hall–Kier alpha value is -2.79. The number of carbonyl (C=O) groups excluding carboxylic acids is 1. The number of nitrogens with zero attached hydrogens (tertiary/aromatic N) is 2. The highest BCUT2D eigenvalue weighted by atomic mass is 16.5. The summed E-state index contributed by atoms with van der Waals surface area (Å²) in [7, 11) is 1.68. The Morgan fingerprint density at radius 1 is 1.10 bits per heavy atom. The van der Waals surface area contributed by atoms with Crippen LogP contribution >= 0.6 is 0 Å². The van der Waals surface area contributed by atoms with Crippen molar-refractivity contribution in [3.05, 3.63) is 65.9 Å². The van der Waals surface area contributed by atoms with Crippen molar-refractivity contribution in [3.63, 3.8) is 0 Å². The van der Waals surface area contributed by atoms with Gasteiger partial charge in [-0.15, -0.1) is 0 Å². The van der Waals surface area contributed by atoms with Gasteiger partial charge in [0.15, 0.2) is 0 Å². The van der Waals surface area contributed by atoms with Gasteiger partial charge in [0.25, 0.3) is 0 Å². The normalized spacial score (nSPS) is 24.2. The number of benzene rings is 2. The van der Waals surface area contributed by atoms with Crippen LogP contribution in [0.1, 0.15) is 24.1 Å². The molecule has 1 N–H and O–H groups in total. The summed E-state index contributed by atoms with van der Waals surface area (Å²) in [5, 5.41) is 1.26. The number of carbonyl (C=O) groups is 1. The van der Waals surface area contributed by atoms with Crippen LogP contribution in [0.2, 0.25) is 0 Å². The van der Waals surface area contributed by atoms with Gasteiger partial charge in [-0.25, -0.2) is 0 Å². The minimum absolute atomic E-state index is 0.153. The van der Waals surface area contributed by atoms with Crippen molar-refractivity contribution in [1.82, 2.24) is 14.8 Å². The van der Waals surface area contributed by atoms with Gasteiger partial charge in [0.1, 0.15) is 5.75 Å². The van der Waals surface area contributed by atoms with Crippen molar-refractivity contribution >= 4 is 16.8 Å². The smallest absolute Gasteiger partial charge is 0.219 e. The summed E-state index contributed by atoms with van der Waals surface area (Å²) in [5.41, 5.74) is 3.74. The molecule has 3 aromatic rings. The summed E-state index contributed by atoms with van der Waals surface area (Å²) in [5.74, 6) is 2.03. The number of nitrogens with one attached hydrogen (secondary N) is 1. The van der Waals surface area contributed by atoms with Crippen molar-refractivity contribution in [1.29, 1.82) is 0 Å². The Kier molecular flexibility index (Phi) is 4.55. The second-order valence-corrected chi connectivity index (χ2v) is 8.41. The van der Waals surface area contributed by atoms with Crippen LogP contribution in [0.5, 0.6) is 5.75 Å². The monoisotopic (exact) mass is 389 g/mol. The van der Waals surface area contributed by atoms with Gasteiger partial charge >= 0.3 is 0 Å². The topological polar surface area (TPSA) is 48.6 Å². The first-order valence-corrected chi connectivity index (χ1v) is 10.3. The lowest BCUT2D eigenvalue weighted by Gasteiger charge is -2.29. The van der Waals surface area contributed by atoms with Gasteiger partial charge in [0, 0.05) is 50.7 Å². The van der Waals surface area contributed by atoms with Crippen LogP contribution in [0.25, 0.3) is 10.9 Å². The van der Waals surface area contributed by atoms with Crippen molar-refractivity contribution in [2.75, 3.05) is 26.7 Å². The average Bonchev–Trinajstić information content (AvgIpc) is 3.41. The first kappa shape index (κ1) is 18.3. The zero-order valence-electron chi connectivity index (χ0n) is 17.0. The van der Waals surface area contributed by atoms with E-state index in [1.165, 1.54) is 22.0 Å². The molecule has 0 aliphatic carbocycles. The lowest BCUT2D eigenvalue weighted by atomic mass is 9.89. The number of hydrogen-bond donors (Lipinski definition) is 1. The van der Waals surface area contributed by atoms with Crippen molar-refractivity contribution in [3.8, 4) is 5.75 Å². The summed E-state index contributed by atoms with van der Waals surface area (Å²) in [6, 6.07) is 17.2. The third-order valence-electron chi connectivity index (χ3n) is 6.63. The van der Waals surface area contributed by atoms with E-state index in [-0.39, 0.29) is 11.9 Å². The first-order valence-electron chi connectivity index (χ1n) is 10.3. The van der Waals surface area contributed by atoms with Gasteiger partial charge in [0.05, 0.1) is 13.2 Å². The van der Waals surface area contributed by atoms with Crippen LogP contribution in [0.15, 0.2) is 54.7 Å². The number of rotatable bonds is 4. The molecule has 2 aromatic carbocycles. The number of amides is 1. The maximum absolute atomic E-state index is 12.3. The van der Waals surface area contributed by atoms with Crippen LogP contribution < -0.4 is 4.74 Å². The Morgan fingerprint density at radius 3 is 2.69 bits per heavy atom. The molecule has 1 aromatic heterocycles. The van der Waals surface area contributed by atoms with Gasteiger partial charge < -0.3 is 14.6 Å². The number of fused-ring (bicyclic) bond motifs is 2. The third kappa shape index (κ3) is 3.29. The molecule has 3 heterocycles. The highest BCUT2D eigenvalue weighted by Gasteiger charge is 2.48. The quantitative estimate of drug-likeness (QED) is 0.738. The van der Waals surface area contributed by atoms with E-state index >= 15 is 0 Å². The molecule has 0 saturated carbocycles. The molecule has 0 spiro atoms. The summed E-state index contributed by atoms with van der Waals surface area (Å²) < 4.78 is 5.31. The molecule has 2 aliphatic heterocycles. The van der Waals surface area contributed by atoms with Crippen LogP contribution in [0.3, 0.4) is 0 Å². The van der Waals surface area contributed by atoms with Gasteiger partial charge in [-0.1, -0.05) is 18.2 Å². The van der Waals surface area contributed by atoms with Crippen LogP contribution in [-0.4, -0.2) is 47.4 Å². The predicted octanol–water partition coefficient (Wildman–Crippen LogP) is 3.83. The molecule has 0 radical (unpaired) electrons. The van der Waals surface area contributed by atoms with Crippen molar-refractivity contribution < 1.29 is 9.53 Å². The minimum atomic E-state index is 0.153. The maximum Gasteiger partial charge on any atom is 0.219 e. The molecule has 5 nitrogen and oxygen atoms in total. The molecule has 0 unspecified atom stereocenters. The number of hydrogen-bond acceptors (Lipinski definition) is 3. The van der Waals surface area contributed by atoms with Crippen LogP contribution in [-0.2, 0) is 11.3 Å². The number of ether oxygens (including phenoxy) is 1. The Morgan fingerprint density at radius 2 is 1.93 bits per heavy atom. The molecule has 150 valence electrons. The second kappa shape index (κ2) is 7.23. The standard InChI is InChI=1S/C24H27N3O2/c1-16(28)27-14-20-13-26(12-17-3-8-23-19(11-17)9-10-25-23)15-22(20)24(27)18-4-6-21(29-2)7-5-18/h3-11,20,22,24-25H,12-15H2,1-2H3/t20-,22-,24+/m1/s1. The summed E-state index contributed by atoms with van der Waals surface area (Å²) in [4.78, 5) is 20.2. The fourth-order valence-electron chi connectivity index (χ4n) is 5.28. The van der Waals surface area contributed by atoms with Crippen LogP contribution in [0, 0.1) is 11.8 Å². The van der Waals surface area contributed by atoms with E-state index in [4.69, 9.17) is 4.74 Å². The van der Waals surface area contributed by atoms with E-state index in [2.05, 4.69) is 51.2 Å². The molecular weight excluding hydrogens is 362 g/mol. The predicted molar refractivity (Wildman–Crippen MR) is 114 cm³/mol. The Bertz CT molecular complexity index is 1030. The third-order valence-corrected chi connectivity index (χ3v) is 6.63. The SMILES string of the molecule is COc1ccc([C@H]2[C@@H]3CN(Cc4ccc5[nH]ccc5c4)C[C@@H]3CN2C(C)=O)cc1. The van der Waals surface area contributed by atoms with E-state index in [9.17, 15) is 4.79 Å². The van der Waals surface area contributed by atoms with E-state index in [0.29, 0.717) is 11.8 Å². The van der Waals surface area contributed by atoms with E-state index in [1.807, 2.05) is 18.3 Å². The van der Waals surface area contributed by atoms with Gasteiger partial charge in [0.2, 0.25) is 5.91 Å². The van der Waals surface area contributed by atoms with E-state index < -0.39 is 0 Å². The highest BCUT2D eigenvalue weighted by molar-refractivity contribution is 5.79. The molecule has 5 rings (SSSR count). The molecule has 29 heavy (non-hydrogen) atoms. The lowest BCUT2D eigenvalue weighted by Crippen LogP contribution is -2.34. The van der Waals surface area contributed by atoms with E-state index in [0.717, 1.165) is 31.9 Å². The molecule has 2 saturated heterocycles. The average molecular weight is 389 g/mol. The molecule has 2 fully saturated rings. The van der Waals surface area contributed by atoms with E-state index in [1.54, 1.807) is 14.0 Å². The molecule has 3 atom stereocenters. The van der Waals surface area contributed by atoms with Gasteiger partial charge in [-0.2, -0.15) is 0 Å². The molecule has 0 bridgehead atoms. The number of H-pyrrole nitrogens is 1. The number of aromatic nitrogens is 1. The van der Waals surface area contributed by atoms with Gasteiger partial charge in [-0.05, 0) is 52.8 Å². The molecule has 2 aliphatic rings. The summed E-state index contributed by atoms with van der Waals surface area (Å²) in [6.07, 6.45) is 1.99. The molecule has 1 amide bonds. The maximum atomic E-state index is 12.3. The Balaban J connectivity index is 1.36. The molecule has 5 heteroatoms. The number of aromatic amines is 1. The zero-order chi connectivity index (χ0) is 20.0. The van der Waals surface area contributed by atoms with Crippen molar-refractivity contribution in [2.24, 2.45) is 11.8 Å². The minimum Gasteiger partial charge on any atom is -0.497 e. The number of methoxy groups -OCH3 is 1. The first-order chi connectivity index (χ1) is 14.1. The van der Waals surface area contributed by atoms with Crippen LogP contribution in [0.4, 0.5) is 0 Å². The summed E-state index contributed by atoms with van der Waals surface area (Å²) >= 11 is 0. The largest absolute Gasteiger partial charge is 0.497 e. The van der Waals surface area contributed by atoms with Crippen molar-refractivity contribution in [2.45, 2.75) is 19.5 Å². The fourth-order valence-corrected chi connectivity index (χ4v) is 5.28. The Labute approximate surface area is 171 Å². The molecular formula is C24H27N3O2. The number of likely N-dealkylation sites (tertiary alicyclic amines) is 2. The lowest BCUT2D eigenvalue weighted by molar-refractivity contribution is -0.130. The highest BCUT2D eigenvalue weighted by Crippen LogP contribution is 2.45. The fraction of sp³-hybridized carbons (Fsp3) is 0.375. The zero-order valence-corrected chi connectivity index (χ0v) is 17.0. The second-order valence-electron chi connectivity index (χ2n) is 8.41.